The predicted molar refractivity (Wildman–Crippen MR) is 107 cm³/mol. The third-order valence-corrected chi connectivity index (χ3v) is 10.6. The van der Waals surface area contributed by atoms with Crippen molar-refractivity contribution in [3.63, 3.8) is 0 Å². The summed E-state index contributed by atoms with van der Waals surface area (Å²) in [6.45, 7) is 0. The number of hydrogen-bond acceptors (Lipinski definition) is 3. The Hall–Kier alpha value is -0.230. The van der Waals surface area contributed by atoms with Gasteiger partial charge in [0.15, 0.2) is 0 Å². The van der Waals surface area contributed by atoms with Crippen LogP contribution in [0.4, 0.5) is 0 Å². The Labute approximate surface area is 176 Å². The smallest absolute Gasteiger partial charge is 0.307 e. The van der Waals surface area contributed by atoms with Crippen molar-refractivity contribution in [2.75, 3.05) is 0 Å². The average molecular weight is 502 g/mol. The maximum Gasteiger partial charge on any atom is 0.307 e. The van der Waals surface area contributed by atoms with Gasteiger partial charge in [0.1, 0.15) is 11.6 Å². The van der Waals surface area contributed by atoms with E-state index in [0.29, 0.717) is 41.1 Å². The number of halogens is 2. The maximum atomic E-state index is 13.2. The first-order valence-corrected chi connectivity index (χ1v) is 12.3. The van der Waals surface area contributed by atoms with Crippen molar-refractivity contribution >= 4 is 49.4 Å². The molecule has 5 fully saturated rings. The maximum absolute atomic E-state index is 13.2. The summed E-state index contributed by atoms with van der Waals surface area (Å²) in [4.78, 5) is 38.4. The van der Waals surface area contributed by atoms with Gasteiger partial charge in [-0.2, -0.15) is 0 Å². The van der Waals surface area contributed by atoms with E-state index in [0.717, 1.165) is 32.1 Å². The van der Waals surface area contributed by atoms with Crippen LogP contribution in [0, 0.1) is 53.3 Å². The van der Waals surface area contributed by atoms with Crippen molar-refractivity contribution < 1.29 is 19.5 Å². The number of alkyl halides is 2. The summed E-state index contributed by atoms with van der Waals surface area (Å²) in [6, 6.07) is 0. The number of carbonyl (C=O) groups is 3. The second-order valence-electron chi connectivity index (χ2n) is 9.70. The molecular weight excluding hydrogens is 476 g/mol. The standard InChI is InChI=1S/C21H26Br2O4/c22-8-1-2-9-10-4-15-11(5-14(10)19(24)13(9)3-8)12-6-17(21(26)27)18(23)7-16(12)20(15)25/h8-18H,1-7H2,(H,26,27). The fourth-order valence-corrected chi connectivity index (χ4v) is 9.15. The molecule has 0 amide bonds. The van der Waals surface area contributed by atoms with Crippen molar-refractivity contribution in [3.05, 3.63) is 0 Å². The molecule has 11 unspecified atom stereocenters. The minimum atomic E-state index is -0.758. The van der Waals surface area contributed by atoms with Crippen molar-refractivity contribution in [2.24, 2.45) is 53.3 Å². The van der Waals surface area contributed by atoms with Crippen molar-refractivity contribution in [2.45, 2.75) is 54.6 Å². The third-order valence-electron chi connectivity index (χ3n) is 8.76. The molecule has 4 nitrogen and oxygen atoms in total. The summed E-state index contributed by atoms with van der Waals surface area (Å²) in [7, 11) is 0. The molecule has 0 saturated heterocycles. The van der Waals surface area contributed by atoms with E-state index in [-0.39, 0.29) is 40.3 Å². The van der Waals surface area contributed by atoms with E-state index in [1.54, 1.807) is 0 Å². The third kappa shape index (κ3) is 2.75. The van der Waals surface area contributed by atoms with Gasteiger partial charge in [-0.05, 0) is 68.6 Å². The minimum Gasteiger partial charge on any atom is -0.481 e. The van der Waals surface area contributed by atoms with Crippen LogP contribution in [0.1, 0.15) is 44.9 Å². The number of Topliss-reactive ketones (excluding diaryl/α,β-unsaturated/α-hetero) is 2. The van der Waals surface area contributed by atoms with Gasteiger partial charge in [-0.25, -0.2) is 0 Å². The molecule has 0 radical (unpaired) electrons. The van der Waals surface area contributed by atoms with E-state index in [9.17, 15) is 19.5 Å². The highest BCUT2D eigenvalue weighted by atomic mass is 79.9. The fraction of sp³-hybridized carbons (Fsp3) is 0.857. The zero-order valence-electron chi connectivity index (χ0n) is 15.2. The van der Waals surface area contributed by atoms with Gasteiger partial charge < -0.3 is 5.11 Å². The van der Waals surface area contributed by atoms with Crippen LogP contribution in [-0.4, -0.2) is 32.3 Å². The number of rotatable bonds is 1. The Kier molecular flexibility index (Phi) is 4.62. The van der Waals surface area contributed by atoms with Gasteiger partial charge in [0.05, 0.1) is 5.92 Å². The zero-order valence-corrected chi connectivity index (χ0v) is 18.4. The highest BCUT2D eigenvalue weighted by molar-refractivity contribution is 9.09. The molecule has 5 saturated carbocycles. The van der Waals surface area contributed by atoms with E-state index < -0.39 is 11.9 Å². The molecule has 0 aromatic heterocycles. The summed E-state index contributed by atoms with van der Waals surface area (Å²) >= 11 is 7.25. The number of carbonyl (C=O) groups excluding carboxylic acids is 2. The summed E-state index contributed by atoms with van der Waals surface area (Å²) in [6.07, 6.45) is 6.15. The lowest BCUT2D eigenvalue weighted by atomic mass is 9.64. The Morgan fingerprint density at radius 1 is 0.741 bits per heavy atom. The number of carboxylic acids is 1. The molecule has 0 heterocycles. The fourth-order valence-electron chi connectivity index (χ4n) is 7.64. The van der Waals surface area contributed by atoms with Gasteiger partial charge in [-0.3, -0.25) is 14.4 Å². The lowest BCUT2D eigenvalue weighted by Gasteiger charge is -2.40. The molecule has 0 bridgehead atoms. The largest absolute Gasteiger partial charge is 0.481 e. The lowest BCUT2D eigenvalue weighted by Crippen LogP contribution is -2.38. The number of hydrogen-bond donors (Lipinski definition) is 1. The van der Waals surface area contributed by atoms with Crippen LogP contribution < -0.4 is 0 Å². The van der Waals surface area contributed by atoms with Gasteiger partial charge in [0, 0.05) is 33.3 Å². The van der Waals surface area contributed by atoms with E-state index >= 15 is 0 Å². The van der Waals surface area contributed by atoms with E-state index in [2.05, 4.69) is 31.9 Å². The average Bonchev–Trinajstić information content (AvgIpc) is 3.05. The predicted octanol–water partition coefficient (Wildman–Crippen LogP) is 4.08. The first-order valence-electron chi connectivity index (χ1n) is 10.4. The summed E-state index contributed by atoms with van der Waals surface area (Å²) in [5.41, 5.74) is 0. The Morgan fingerprint density at radius 2 is 1.26 bits per heavy atom. The number of ketones is 2. The van der Waals surface area contributed by atoms with E-state index in [4.69, 9.17) is 0 Å². The van der Waals surface area contributed by atoms with Crippen molar-refractivity contribution in [1.29, 1.82) is 0 Å². The van der Waals surface area contributed by atoms with Gasteiger partial charge in [-0.15, -0.1) is 0 Å². The second-order valence-corrected chi connectivity index (χ2v) is 12.2. The zero-order chi connectivity index (χ0) is 19.0. The van der Waals surface area contributed by atoms with Gasteiger partial charge in [-0.1, -0.05) is 31.9 Å². The highest BCUT2D eigenvalue weighted by Gasteiger charge is 2.62. The number of fused-ring (bicyclic) bond motifs is 6. The van der Waals surface area contributed by atoms with Crippen LogP contribution in [-0.2, 0) is 14.4 Å². The second kappa shape index (κ2) is 6.65. The Balaban J connectivity index is 1.41. The van der Waals surface area contributed by atoms with Crippen molar-refractivity contribution in [1.82, 2.24) is 0 Å². The quantitative estimate of drug-likeness (QED) is 0.549. The summed E-state index contributed by atoms with van der Waals surface area (Å²) in [5, 5.41) is 9.57. The Morgan fingerprint density at radius 3 is 1.89 bits per heavy atom. The molecule has 5 aliphatic carbocycles. The molecule has 0 spiro atoms. The lowest BCUT2D eigenvalue weighted by molar-refractivity contribution is -0.144. The normalized spacial score (nSPS) is 54.1. The molecule has 148 valence electrons. The van der Waals surface area contributed by atoms with Crippen LogP contribution in [0.3, 0.4) is 0 Å². The SMILES string of the molecule is O=C(O)C1CC2C(CC1Br)C(=O)C1CC3C(CC12)C(=O)C1CC(Br)CCC13. The molecule has 1 N–H and O–H groups in total. The molecule has 0 aromatic rings. The number of aliphatic carboxylic acids is 1. The first kappa shape index (κ1) is 18.8. The summed E-state index contributed by atoms with van der Waals surface area (Å²) < 4.78 is 0. The molecule has 6 heteroatoms. The van der Waals surface area contributed by atoms with Gasteiger partial charge in [0.25, 0.3) is 0 Å². The molecule has 5 rings (SSSR count). The van der Waals surface area contributed by atoms with E-state index in [1.807, 2.05) is 0 Å². The molecule has 27 heavy (non-hydrogen) atoms. The molecule has 0 aromatic carbocycles. The molecule has 5 aliphatic rings. The molecular formula is C21H26Br2O4. The van der Waals surface area contributed by atoms with Gasteiger partial charge in [0.2, 0.25) is 0 Å². The van der Waals surface area contributed by atoms with Crippen LogP contribution in [0.25, 0.3) is 0 Å². The monoisotopic (exact) mass is 500 g/mol. The number of carboxylic acid groups (broad SMARTS) is 1. The van der Waals surface area contributed by atoms with Gasteiger partial charge >= 0.3 is 5.97 Å². The summed E-state index contributed by atoms with van der Waals surface area (Å²) in [5.74, 6) is 1.30. The minimum absolute atomic E-state index is 0.00276. The topological polar surface area (TPSA) is 71.4 Å². The Bertz CT molecular complexity index is 694. The molecule has 0 aliphatic heterocycles. The first-order chi connectivity index (χ1) is 12.9. The van der Waals surface area contributed by atoms with Crippen LogP contribution in [0.2, 0.25) is 0 Å². The van der Waals surface area contributed by atoms with Crippen LogP contribution in [0.5, 0.6) is 0 Å². The van der Waals surface area contributed by atoms with Crippen LogP contribution in [0.15, 0.2) is 0 Å². The molecule has 11 atom stereocenters. The van der Waals surface area contributed by atoms with Crippen molar-refractivity contribution in [3.8, 4) is 0 Å². The highest BCUT2D eigenvalue weighted by Crippen LogP contribution is 2.61. The van der Waals surface area contributed by atoms with E-state index in [1.165, 1.54) is 0 Å². The van der Waals surface area contributed by atoms with Crippen LogP contribution >= 0.6 is 31.9 Å².